The topological polar surface area (TPSA) is 46.6 Å². The number of methoxy groups -OCH3 is 1. The standard InChI is InChI=1S/C18H24FNO3/c1-13(18(22)23-2)12-20(17(21)15-4-3-5-15)11-10-14-6-8-16(19)9-7-14/h6-9,13,15H,3-5,10-12H2,1-2H3. The van der Waals surface area contributed by atoms with E-state index in [0.717, 1.165) is 24.8 Å². The van der Waals surface area contributed by atoms with Crippen LogP contribution in [0.15, 0.2) is 24.3 Å². The van der Waals surface area contributed by atoms with Crippen LogP contribution >= 0.6 is 0 Å². The lowest BCUT2D eigenvalue weighted by atomic mass is 9.84. The maximum absolute atomic E-state index is 13.0. The monoisotopic (exact) mass is 321 g/mol. The summed E-state index contributed by atoms with van der Waals surface area (Å²) in [5, 5.41) is 0. The SMILES string of the molecule is COC(=O)C(C)CN(CCc1ccc(F)cc1)C(=O)C1CCC1. The highest BCUT2D eigenvalue weighted by Crippen LogP contribution is 2.28. The van der Waals surface area contributed by atoms with Gasteiger partial charge in [-0.2, -0.15) is 0 Å². The van der Waals surface area contributed by atoms with E-state index in [1.165, 1.54) is 19.2 Å². The van der Waals surface area contributed by atoms with Crippen LogP contribution < -0.4 is 0 Å². The number of halogens is 1. The third-order valence-corrected chi connectivity index (χ3v) is 4.45. The van der Waals surface area contributed by atoms with Gasteiger partial charge in [-0.3, -0.25) is 9.59 Å². The Bertz CT molecular complexity index is 540. The lowest BCUT2D eigenvalue weighted by Crippen LogP contribution is -2.43. The zero-order valence-corrected chi connectivity index (χ0v) is 13.8. The summed E-state index contributed by atoms with van der Waals surface area (Å²) >= 11 is 0. The Balaban J connectivity index is 1.98. The van der Waals surface area contributed by atoms with Crippen molar-refractivity contribution >= 4 is 11.9 Å². The third kappa shape index (κ3) is 4.78. The van der Waals surface area contributed by atoms with Crippen molar-refractivity contribution in [1.29, 1.82) is 0 Å². The van der Waals surface area contributed by atoms with Crippen LogP contribution in [0.4, 0.5) is 4.39 Å². The van der Waals surface area contributed by atoms with Gasteiger partial charge in [0.25, 0.3) is 0 Å². The largest absolute Gasteiger partial charge is 0.469 e. The van der Waals surface area contributed by atoms with Gasteiger partial charge in [-0.25, -0.2) is 4.39 Å². The molecule has 1 unspecified atom stereocenters. The first kappa shape index (κ1) is 17.4. The van der Waals surface area contributed by atoms with E-state index in [0.29, 0.717) is 19.5 Å². The van der Waals surface area contributed by atoms with Gasteiger partial charge in [0.1, 0.15) is 5.82 Å². The molecule has 1 aliphatic rings. The van der Waals surface area contributed by atoms with Crippen molar-refractivity contribution in [3.8, 4) is 0 Å². The second kappa shape index (κ2) is 8.09. The average molecular weight is 321 g/mol. The number of carbonyl (C=O) groups is 2. The Morgan fingerprint density at radius 3 is 2.48 bits per heavy atom. The lowest BCUT2D eigenvalue weighted by Gasteiger charge is -2.33. The van der Waals surface area contributed by atoms with Crippen LogP contribution in [0.2, 0.25) is 0 Å². The minimum Gasteiger partial charge on any atom is -0.469 e. The fraction of sp³-hybridized carbons (Fsp3) is 0.556. The smallest absolute Gasteiger partial charge is 0.310 e. The van der Waals surface area contributed by atoms with Crippen LogP contribution in [0.5, 0.6) is 0 Å². The van der Waals surface area contributed by atoms with Crippen molar-refractivity contribution < 1.29 is 18.7 Å². The Labute approximate surface area is 136 Å². The summed E-state index contributed by atoms with van der Waals surface area (Å²) < 4.78 is 17.7. The van der Waals surface area contributed by atoms with Crippen molar-refractivity contribution in [3.63, 3.8) is 0 Å². The van der Waals surface area contributed by atoms with E-state index in [-0.39, 0.29) is 29.5 Å². The number of nitrogens with zero attached hydrogens (tertiary/aromatic N) is 1. The summed E-state index contributed by atoms with van der Waals surface area (Å²) in [7, 11) is 1.36. The maximum Gasteiger partial charge on any atom is 0.310 e. The fourth-order valence-electron chi connectivity index (χ4n) is 2.73. The number of carbonyl (C=O) groups excluding carboxylic acids is 2. The van der Waals surface area contributed by atoms with Gasteiger partial charge in [-0.1, -0.05) is 25.5 Å². The molecule has 0 N–H and O–H groups in total. The average Bonchev–Trinajstić information content (AvgIpc) is 2.50. The number of benzene rings is 1. The van der Waals surface area contributed by atoms with E-state index in [2.05, 4.69) is 0 Å². The predicted octanol–water partition coefficient (Wildman–Crippen LogP) is 2.81. The van der Waals surface area contributed by atoms with Crippen LogP contribution in [0.1, 0.15) is 31.7 Å². The van der Waals surface area contributed by atoms with Crippen molar-refractivity contribution in [2.45, 2.75) is 32.6 Å². The zero-order chi connectivity index (χ0) is 16.8. The first-order valence-electron chi connectivity index (χ1n) is 8.12. The molecule has 0 aliphatic heterocycles. The molecule has 0 radical (unpaired) electrons. The van der Waals surface area contributed by atoms with Gasteiger partial charge in [-0.05, 0) is 37.0 Å². The highest BCUT2D eigenvalue weighted by atomic mass is 19.1. The molecule has 1 aliphatic carbocycles. The summed E-state index contributed by atoms with van der Waals surface area (Å²) in [5.41, 5.74) is 0.975. The second-order valence-electron chi connectivity index (χ2n) is 6.21. The zero-order valence-electron chi connectivity index (χ0n) is 13.8. The Morgan fingerprint density at radius 1 is 1.30 bits per heavy atom. The van der Waals surface area contributed by atoms with Gasteiger partial charge in [0.05, 0.1) is 13.0 Å². The minimum atomic E-state index is -0.350. The van der Waals surface area contributed by atoms with Crippen LogP contribution in [0, 0.1) is 17.7 Å². The molecule has 0 saturated heterocycles. The number of hydrogen-bond donors (Lipinski definition) is 0. The molecule has 23 heavy (non-hydrogen) atoms. The Hall–Kier alpha value is -1.91. The van der Waals surface area contributed by atoms with Crippen molar-refractivity contribution in [2.75, 3.05) is 20.2 Å². The van der Waals surface area contributed by atoms with Crippen LogP contribution in [0.3, 0.4) is 0 Å². The van der Waals surface area contributed by atoms with Gasteiger partial charge in [0.2, 0.25) is 5.91 Å². The number of amides is 1. The van der Waals surface area contributed by atoms with Crippen molar-refractivity contribution in [1.82, 2.24) is 4.90 Å². The summed E-state index contributed by atoms with van der Waals surface area (Å²) in [4.78, 5) is 26.0. The van der Waals surface area contributed by atoms with E-state index in [1.807, 2.05) is 0 Å². The van der Waals surface area contributed by atoms with E-state index in [4.69, 9.17) is 4.74 Å². The maximum atomic E-state index is 13.0. The molecule has 1 aromatic carbocycles. The Morgan fingerprint density at radius 2 is 1.96 bits per heavy atom. The number of ether oxygens (including phenoxy) is 1. The van der Waals surface area contributed by atoms with E-state index in [9.17, 15) is 14.0 Å². The van der Waals surface area contributed by atoms with Crippen LogP contribution in [-0.2, 0) is 20.7 Å². The van der Waals surface area contributed by atoms with Gasteiger partial charge < -0.3 is 9.64 Å². The van der Waals surface area contributed by atoms with E-state index in [1.54, 1.807) is 24.0 Å². The lowest BCUT2D eigenvalue weighted by molar-refractivity contribution is -0.147. The van der Waals surface area contributed by atoms with E-state index < -0.39 is 0 Å². The summed E-state index contributed by atoms with van der Waals surface area (Å²) in [6.45, 7) is 2.66. The highest BCUT2D eigenvalue weighted by molar-refractivity contribution is 5.80. The third-order valence-electron chi connectivity index (χ3n) is 4.45. The molecule has 0 heterocycles. The predicted molar refractivity (Wildman–Crippen MR) is 85.2 cm³/mol. The summed E-state index contributed by atoms with van der Waals surface area (Å²) in [6, 6.07) is 6.30. The molecule has 0 bridgehead atoms. The normalized spacial score (nSPS) is 15.6. The first-order chi connectivity index (χ1) is 11.0. The summed E-state index contributed by atoms with van der Waals surface area (Å²) in [6.07, 6.45) is 3.60. The fourth-order valence-corrected chi connectivity index (χ4v) is 2.73. The number of rotatable bonds is 7. The quantitative estimate of drug-likeness (QED) is 0.726. The molecule has 1 saturated carbocycles. The molecule has 126 valence electrons. The van der Waals surface area contributed by atoms with Crippen molar-refractivity contribution in [2.24, 2.45) is 11.8 Å². The molecule has 0 spiro atoms. The van der Waals surface area contributed by atoms with Gasteiger partial charge in [0, 0.05) is 19.0 Å². The molecule has 2 rings (SSSR count). The molecule has 1 aromatic rings. The van der Waals surface area contributed by atoms with E-state index >= 15 is 0 Å². The molecular formula is C18H24FNO3. The second-order valence-corrected chi connectivity index (χ2v) is 6.21. The number of esters is 1. The van der Waals surface area contributed by atoms with Crippen LogP contribution in [0.25, 0.3) is 0 Å². The molecule has 5 heteroatoms. The molecular weight excluding hydrogens is 297 g/mol. The number of hydrogen-bond acceptors (Lipinski definition) is 3. The molecule has 4 nitrogen and oxygen atoms in total. The van der Waals surface area contributed by atoms with Gasteiger partial charge in [0.15, 0.2) is 0 Å². The minimum absolute atomic E-state index is 0.0908. The molecule has 1 amide bonds. The molecule has 0 aromatic heterocycles. The van der Waals surface area contributed by atoms with Gasteiger partial charge in [-0.15, -0.1) is 0 Å². The van der Waals surface area contributed by atoms with Gasteiger partial charge >= 0.3 is 5.97 Å². The van der Waals surface area contributed by atoms with Crippen molar-refractivity contribution in [3.05, 3.63) is 35.6 Å². The highest BCUT2D eigenvalue weighted by Gasteiger charge is 2.31. The first-order valence-corrected chi connectivity index (χ1v) is 8.12. The van der Waals surface area contributed by atoms with Crippen LogP contribution in [-0.4, -0.2) is 37.0 Å². The summed E-state index contributed by atoms with van der Waals surface area (Å²) in [5.74, 6) is -0.715. The molecule has 1 fully saturated rings. The molecule has 1 atom stereocenters. The Kier molecular flexibility index (Phi) is 6.13.